The van der Waals surface area contributed by atoms with Crippen LogP contribution in [0.5, 0.6) is 0 Å². The van der Waals surface area contributed by atoms with Gasteiger partial charge in [0, 0.05) is 13.2 Å². The molecular formula is C13H18N2O2S. The topological polar surface area (TPSA) is 41.6 Å². The molecule has 0 bridgehead atoms. The van der Waals surface area contributed by atoms with E-state index in [2.05, 4.69) is 22.1 Å². The molecule has 3 atom stereocenters. The molecule has 0 saturated carbocycles. The van der Waals surface area contributed by atoms with Gasteiger partial charge in [0.05, 0.1) is 12.1 Å². The average Bonchev–Trinajstić information content (AvgIpc) is 3.07. The number of amides is 1. The quantitative estimate of drug-likeness (QED) is 0.906. The van der Waals surface area contributed by atoms with Gasteiger partial charge < -0.3 is 9.64 Å². The lowest BCUT2D eigenvalue weighted by Gasteiger charge is -2.26. The maximum absolute atomic E-state index is 12.2. The van der Waals surface area contributed by atoms with Crippen molar-refractivity contribution in [3.8, 4) is 0 Å². The molecule has 18 heavy (non-hydrogen) atoms. The van der Waals surface area contributed by atoms with Gasteiger partial charge in [0.2, 0.25) is 5.91 Å². The summed E-state index contributed by atoms with van der Waals surface area (Å²) in [7, 11) is 0. The van der Waals surface area contributed by atoms with Crippen LogP contribution in [0.3, 0.4) is 0 Å². The summed E-state index contributed by atoms with van der Waals surface area (Å²) >= 11 is 1.66. The Morgan fingerprint density at radius 2 is 2.50 bits per heavy atom. The average molecular weight is 266 g/mol. The molecule has 2 saturated heterocycles. The predicted octanol–water partition coefficient (Wildman–Crippen LogP) is 1.75. The third kappa shape index (κ3) is 2.18. The summed E-state index contributed by atoms with van der Waals surface area (Å²) in [5.74, 6) is 0.182. The zero-order valence-electron chi connectivity index (χ0n) is 10.5. The number of nitrogens with one attached hydrogen (secondary N) is 1. The van der Waals surface area contributed by atoms with Crippen LogP contribution in [0.2, 0.25) is 0 Å². The molecule has 1 aromatic heterocycles. The van der Waals surface area contributed by atoms with E-state index in [0.29, 0.717) is 6.54 Å². The highest BCUT2D eigenvalue weighted by atomic mass is 32.1. The fourth-order valence-electron chi connectivity index (χ4n) is 2.68. The van der Waals surface area contributed by atoms with Gasteiger partial charge in [-0.1, -0.05) is 0 Å². The SMILES string of the molecule is CC1NC(c2ccsc2)N(CC2CCCO2)C1=O. The van der Waals surface area contributed by atoms with Crippen LogP contribution in [-0.2, 0) is 9.53 Å². The number of hydrogen-bond acceptors (Lipinski definition) is 4. The summed E-state index contributed by atoms with van der Waals surface area (Å²) in [6, 6.07) is 1.98. The lowest BCUT2D eigenvalue weighted by molar-refractivity contribution is -0.131. The zero-order chi connectivity index (χ0) is 12.5. The molecule has 0 radical (unpaired) electrons. The monoisotopic (exact) mass is 266 g/mol. The van der Waals surface area contributed by atoms with Crippen molar-refractivity contribution in [1.82, 2.24) is 10.2 Å². The zero-order valence-corrected chi connectivity index (χ0v) is 11.3. The Morgan fingerprint density at radius 3 is 3.17 bits per heavy atom. The van der Waals surface area contributed by atoms with Crippen LogP contribution < -0.4 is 5.32 Å². The highest BCUT2D eigenvalue weighted by Crippen LogP contribution is 2.28. The largest absolute Gasteiger partial charge is 0.376 e. The van der Waals surface area contributed by atoms with Gasteiger partial charge in [0.15, 0.2) is 0 Å². The minimum atomic E-state index is -0.101. The third-order valence-corrected chi connectivity index (χ3v) is 4.36. The number of nitrogens with zero attached hydrogens (tertiary/aromatic N) is 1. The molecular weight excluding hydrogens is 248 g/mol. The van der Waals surface area contributed by atoms with Crippen LogP contribution in [0.15, 0.2) is 16.8 Å². The maximum atomic E-state index is 12.2. The van der Waals surface area contributed by atoms with Gasteiger partial charge in [-0.25, -0.2) is 0 Å². The van der Waals surface area contributed by atoms with E-state index in [0.717, 1.165) is 19.4 Å². The van der Waals surface area contributed by atoms with Crippen molar-refractivity contribution in [3.05, 3.63) is 22.4 Å². The lowest BCUT2D eigenvalue weighted by atomic mass is 10.2. The minimum absolute atomic E-state index is 0.0166. The molecule has 0 spiro atoms. The first-order chi connectivity index (χ1) is 8.75. The second kappa shape index (κ2) is 4.99. The molecule has 98 valence electrons. The van der Waals surface area contributed by atoms with E-state index in [1.807, 2.05) is 11.8 Å². The second-order valence-electron chi connectivity index (χ2n) is 4.97. The van der Waals surface area contributed by atoms with E-state index in [4.69, 9.17) is 4.74 Å². The number of carbonyl (C=O) groups excluding carboxylic acids is 1. The molecule has 1 N–H and O–H groups in total. The molecule has 3 unspecified atom stereocenters. The summed E-state index contributed by atoms with van der Waals surface area (Å²) in [5, 5.41) is 7.51. The van der Waals surface area contributed by atoms with E-state index in [-0.39, 0.29) is 24.2 Å². The molecule has 0 aromatic carbocycles. The first-order valence-electron chi connectivity index (χ1n) is 6.46. The summed E-state index contributed by atoms with van der Waals surface area (Å²) in [6.45, 7) is 3.46. The van der Waals surface area contributed by atoms with E-state index in [1.165, 1.54) is 5.56 Å². The van der Waals surface area contributed by atoms with Gasteiger partial charge in [-0.3, -0.25) is 10.1 Å². The van der Waals surface area contributed by atoms with Crippen LogP contribution in [-0.4, -0.2) is 36.1 Å². The number of thiophene rings is 1. The van der Waals surface area contributed by atoms with Gasteiger partial charge >= 0.3 is 0 Å². The van der Waals surface area contributed by atoms with Crippen molar-refractivity contribution in [3.63, 3.8) is 0 Å². The standard InChI is InChI=1S/C13H18N2O2S/c1-9-13(16)15(7-11-3-2-5-17-11)12(14-9)10-4-6-18-8-10/h4,6,8-9,11-12,14H,2-3,5,7H2,1H3. The molecule has 2 fully saturated rings. The molecule has 1 aromatic rings. The van der Waals surface area contributed by atoms with Crippen molar-refractivity contribution >= 4 is 17.2 Å². The normalized spacial score (nSPS) is 32.4. The fraction of sp³-hybridized carbons (Fsp3) is 0.615. The Balaban J connectivity index is 1.77. The first-order valence-corrected chi connectivity index (χ1v) is 7.40. The van der Waals surface area contributed by atoms with E-state index >= 15 is 0 Å². The first kappa shape index (κ1) is 12.1. The summed E-state index contributed by atoms with van der Waals surface area (Å²) in [6.07, 6.45) is 2.40. The van der Waals surface area contributed by atoms with Gasteiger partial charge in [0.25, 0.3) is 0 Å². The van der Waals surface area contributed by atoms with Gasteiger partial charge in [0.1, 0.15) is 6.17 Å². The Kier molecular flexibility index (Phi) is 3.37. The predicted molar refractivity (Wildman–Crippen MR) is 70.3 cm³/mol. The molecule has 3 rings (SSSR count). The van der Waals surface area contributed by atoms with Crippen LogP contribution in [0, 0.1) is 0 Å². The molecule has 4 nitrogen and oxygen atoms in total. The Morgan fingerprint density at radius 1 is 1.61 bits per heavy atom. The second-order valence-corrected chi connectivity index (χ2v) is 5.75. The molecule has 5 heteroatoms. The van der Waals surface area contributed by atoms with Crippen LogP contribution >= 0.6 is 11.3 Å². The molecule has 2 aliphatic rings. The van der Waals surface area contributed by atoms with E-state index < -0.39 is 0 Å². The van der Waals surface area contributed by atoms with Crippen LogP contribution in [0.1, 0.15) is 31.5 Å². The molecule has 3 heterocycles. The third-order valence-electron chi connectivity index (χ3n) is 3.66. The number of carbonyl (C=O) groups is 1. The summed E-state index contributed by atoms with van der Waals surface area (Å²) < 4.78 is 5.65. The Hall–Kier alpha value is -0.910. The van der Waals surface area contributed by atoms with Gasteiger partial charge in [-0.2, -0.15) is 11.3 Å². The van der Waals surface area contributed by atoms with Crippen LogP contribution in [0.4, 0.5) is 0 Å². The van der Waals surface area contributed by atoms with Crippen LogP contribution in [0.25, 0.3) is 0 Å². The van der Waals surface area contributed by atoms with Crippen molar-refractivity contribution in [2.75, 3.05) is 13.2 Å². The highest BCUT2D eigenvalue weighted by Gasteiger charge is 2.38. The summed E-state index contributed by atoms with van der Waals surface area (Å²) in [4.78, 5) is 14.1. The van der Waals surface area contributed by atoms with Gasteiger partial charge in [-0.05, 0) is 42.2 Å². The molecule has 2 aliphatic heterocycles. The fourth-order valence-corrected chi connectivity index (χ4v) is 3.36. The maximum Gasteiger partial charge on any atom is 0.241 e. The van der Waals surface area contributed by atoms with Crippen molar-refractivity contribution in [2.45, 2.75) is 38.1 Å². The number of hydrogen-bond donors (Lipinski definition) is 1. The Bertz CT molecular complexity index is 415. The Labute approximate surface area is 111 Å². The van der Waals surface area contributed by atoms with Gasteiger partial charge in [-0.15, -0.1) is 0 Å². The molecule has 1 amide bonds. The number of ether oxygens (including phenoxy) is 1. The van der Waals surface area contributed by atoms with Crippen molar-refractivity contribution in [1.29, 1.82) is 0 Å². The number of rotatable bonds is 3. The van der Waals surface area contributed by atoms with E-state index in [9.17, 15) is 4.79 Å². The van der Waals surface area contributed by atoms with Crippen molar-refractivity contribution < 1.29 is 9.53 Å². The molecule has 0 aliphatic carbocycles. The smallest absolute Gasteiger partial charge is 0.241 e. The van der Waals surface area contributed by atoms with E-state index in [1.54, 1.807) is 11.3 Å². The highest BCUT2D eigenvalue weighted by molar-refractivity contribution is 7.07. The summed E-state index contributed by atoms with van der Waals surface area (Å²) in [5.41, 5.74) is 1.18. The minimum Gasteiger partial charge on any atom is -0.376 e. The lowest BCUT2D eigenvalue weighted by Crippen LogP contribution is -2.36. The van der Waals surface area contributed by atoms with Crippen molar-refractivity contribution in [2.24, 2.45) is 0 Å².